The van der Waals surface area contributed by atoms with Gasteiger partial charge in [0.05, 0.1) is 10.6 Å². The molecule has 0 aliphatic heterocycles. The molecule has 0 aliphatic rings. The van der Waals surface area contributed by atoms with Gasteiger partial charge in [0.15, 0.2) is 0 Å². The SMILES string of the molecule is Cc1ccc(N)c(S)c1[N+](=O)[O-]. The number of nitrogens with two attached hydrogens (primary N) is 1. The summed E-state index contributed by atoms with van der Waals surface area (Å²) in [5.41, 5.74) is 6.33. The van der Waals surface area contributed by atoms with E-state index in [1.165, 1.54) is 0 Å². The summed E-state index contributed by atoms with van der Waals surface area (Å²) in [6, 6.07) is 3.21. The van der Waals surface area contributed by atoms with Crippen molar-refractivity contribution in [3.63, 3.8) is 0 Å². The van der Waals surface area contributed by atoms with Crippen LogP contribution in [0, 0.1) is 17.0 Å². The van der Waals surface area contributed by atoms with Crippen LogP contribution in [-0.2, 0) is 0 Å². The molecular weight excluding hydrogens is 176 g/mol. The van der Waals surface area contributed by atoms with E-state index in [0.717, 1.165) is 0 Å². The first kappa shape index (κ1) is 8.86. The Labute approximate surface area is 74.9 Å². The molecule has 2 N–H and O–H groups in total. The molecule has 0 saturated carbocycles. The van der Waals surface area contributed by atoms with Crippen molar-refractivity contribution in [2.45, 2.75) is 11.8 Å². The summed E-state index contributed by atoms with van der Waals surface area (Å²) in [6.07, 6.45) is 0. The lowest BCUT2D eigenvalue weighted by Gasteiger charge is -2.02. The van der Waals surface area contributed by atoms with Crippen molar-refractivity contribution >= 4 is 24.0 Å². The summed E-state index contributed by atoms with van der Waals surface area (Å²) in [6.45, 7) is 1.65. The van der Waals surface area contributed by atoms with Crippen molar-refractivity contribution in [1.29, 1.82) is 0 Å². The van der Waals surface area contributed by atoms with Crippen LogP contribution in [0.4, 0.5) is 11.4 Å². The van der Waals surface area contributed by atoms with Gasteiger partial charge in [0.1, 0.15) is 4.90 Å². The first-order valence-corrected chi connectivity index (χ1v) is 3.71. The molecule has 0 radical (unpaired) electrons. The minimum Gasteiger partial charge on any atom is -0.398 e. The minimum atomic E-state index is -0.478. The zero-order valence-corrected chi connectivity index (χ0v) is 7.34. The van der Waals surface area contributed by atoms with Crippen LogP contribution in [-0.4, -0.2) is 4.92 Å². The quantitative estimate of drug-likeness (QED) is 0.302. The lowest BCUT2D eigenvalue weighted by molar-refractivity contribution is -0.388. The van der Waals surface area contributed by atoms with Crippen molar-refractivity contribution in [2.24, 2.45) is 0 Å². The Balaban J connectivity index is 3.43. The Bertz CT molecular complexity index is 338. The molecule has 0 bridgehead atoms. The molecule has 0 aliphatic carbocycles. The molecule has 5 heteroatoms. The standard InChI is InChI=1S/C7H8N2O2S/c1-4-2-3-5(8)7(12)6(4)9(10)11/h2-3,12H,8H2,1H3. The predicted octanol–water partition coefficient (Wildman–Crippen LogP) is 1.77. The van der Waals surface area contributed by atoms with E-state index in [1.807, 2.05) is 0 Å². The van der Waals surface area contributed by atoms with E-state index < -0.39 is 4.92 Å². The monoisotopic (exact) mass is 184 g/mol. The van der Waals surface area contributed by atoms with Crippen LogP contribution < -0.4 is 5.73 Å². The second-order valence-corrected chi connectivity index (χ2v) is 2.87. The number of hydrogen-bond acceptors (Lipinski definition) is 4. The lowest BCUT2D eigenvalue weighted by Crippen LogP contribution is -1.96. The summed E-state index contributed by atoms with van der Waals surface area (Å²) in [7, 11) is 0. The third kappa shape index (κ3) is 1.35. The van der Waals surface area contributed by atoms with Crippen LogP contribution in [0.25, 0.3) is 0 Å². The summed E-state index contributed by atoms with van der Waals surface area (Å²) in [4.78, 5) is 10.3. The number of hydrogen-bond donors (Lipinski definition) is 2. The van der Waals surface area contributed by atoms with Gasteiger partial charge < -0.3 is 5.73 Å². The first-order valence-electron chi connectivity index (χ1n) is 3.26. The fraction of sp³-hybridized carbons (Fsp3) is 0.143. The highest BCUT2D eigenvalue weighted by Gasteiger charge is 2.16. The van der Waals surface area contributed by atoms with Crippen LogP contribution in [0.5, 0.6) is 0 Å². The largest absolute Gasteiger partial charge is 0.398 e. The lowest BCUT2D eigenvalue weighted by atomic mass is 10.2. The van der Waals surface area contributed by atoms with Crippen molar-refractivity contribution in [1.82, 2.24) is 0 Å². The Hall–Kier alpha value is -1.23. The number of nitrogen functional groups attached to an aromatic ring is 1. The molecule has 64 valence electrons. The van der Waals surface area contributed by atoms with E-state index in [9.17, 15) is 10.1 Å². The second kappa shape index (κ2) is 3.02. The Kier molecular flexibility index (Phi) is 2.23. The maximum Gasteiger partial charge on any atom is 0.287 e. The summed E-state index contributed by atoms with van der Waals surface area (Å²) >= 11 is 3.95. The average molecular weight is 184 g/mol. The summed E-state index contributed by atoms with van der Waals surface area (Å²) in [5, 5.41) is 10.5. The highest BCUT2D eigenvalue weighted by atomic mass is 32.1. The Morgan fingerprint density at radius 1 is 1.58 bits per heavy atom. The zero-order valence-electron chi connectivity index (χ0n) is 6.44. The Morgan fingerprint density at radius 2 is 2.17 bits per heavy atom. The molecule has 1 aromatic rings. The molecule has 0 amide bonds. The normalized spacial score (nSPS) is 9.83. The number of anilines is 1. The summed E-state index contributed by atoms with van der Waals surface area (Å²) in [5.74, 6) is 0. The molecule has 0 fully saturated rings. The van der Waals surface area contributed by atoms with E-state index in [1.54, 1.807) is 19.1 Å². The van der Waals surface area contributed by atoms with Gasteiger partial charge in [-0.15, -0.1) is 12.6 Å². The molecule has 4 nitrogen and oxygen atoms in total. The molecule has 0 atom stereocenters. The zero-order chi connectivity index (χ0) is 9.30. The van der Waals surface area contributed by atoms with Crippen LogP contribution >= 0.6 is 12.6 Å². The molecule has 0 unspecified atom stereocenters. The molecule has 1 aromatic carbocycles. The van der Waals surface area contributed by atoms with Crippen molar-refractivity contribution in [2.75, 3.05) is 5.73 Å². The van der Waals surface area contributed by atoms with Crippen molar-refractivity contribution in [3.05, 3.63) is 27.8 Å². The van der Waals surface area contributed by atoms with E-state index in [2.05, 4.69) is 12.6 Å². The van der Waals surface area contributed by atoms with Gasteiger partial charge in [-0.25, -0.2) is 0 Å². The minimum absolute atomic E-state index is 0.0154. The highest BCUT2D eigenvalue weighted by Crippen LogP contribution is 2.30. The highest BCUT2D eigenvalue weighted by molar-refractivity contribution is 7.80. The fourth-order valence-electron chi connectivity index (χ4n) is 0.927. The molecule has 0 saturated heterocycles. The van der Waals surface area contributed by atoms with Crippen LogP contribution in [0.3, 0.4) is 0 Å². The maximum atomic E-state index is 10.5. The topological polar surface area (TPSA) is 69.2 Å². The first-order chi connectivity index (χ1) is 5.54. The van der Waals surface area contributed by atoms with Gasteiger partial charge in [-0.1, -0.05) is 6.07 Å². The molecule has 0 aromatic heterocycles. The second-order valence-electron chi connectivity index (χ2n) is 2.43. The number of nitrogens with zero attached hydrogens (tertiary/aromatic N) is 1. The number of nitro groups is 1. The molecule has 0 spiro atoms. The smallest absolute Gasteiger partial charge is 0.287 e. The van der Waals surface area contributed by atoms with E-state index >= 15 is 0 Å². The number of thiol groups is 1. The summed E-state index contributed by atoms with van der Waals surface area (Å²) < 4.78 is 0. The number of benzene rings is 1. The number of rotatable bonds is 1. The Morgan fingerprint density at radius 3 is 2.58 bits per heavy atom. The van der Waals surface area contributed by atoms with E-state index in [0.29, 0.717) is 11.3 Å². The molecule has 1 rings (SSSR count). The number of nitro benzene ring substituents is 1. The molecular formula is C7H8N2O2S. The van der Waals surface area contributed by atoms with Gasteiger partial charge in [-0.2, -0.15) is 0 Å². The van der Waals surface area contributed by atoms with Crippen LogP contribution in [0.1, 0.15) is 5.56 Å². The van der Waals surface area contributed by atoms with Gasteiger partial charge in [0, 0.05) is 5.56 Å². The van der Waals surface area contributed by atoms with Crippen LogP contribution in [0.2, 0.25) is 0 Å². The van der Waals surface area contributed by atoms with Gasteiger partial charge in [0.25, 0.3) is 5.69 Å². The van der Waals surface area contributed by atoms with E-state index in [-0.39, 0.29) is 10.6 Å². The van der Waals surface area contributed by atoms with Gasteiger partial charge in [-0.05, 0) is 13.0 Å². The molecule has 12 heavy (non-hydrogen) atoms. The average Bonchev–Trinajstić information content (AvgIpc) is 1.97. The van der Waals surface area contributed by atoms with Gasteiger partial charge in [0.2, 0.25) is 0 Å². The third-order valence-electron chi connectivity index (χ3n) is 1.57. The van der Waals surface area contributed by atoms with Crippen LogP contribution in [0.15, 0.2) is 17.0 Å². The van der Waals surface area contributed by atoms with Crippen molar-refractivity contribution in [3.8, 4) is 0 Å². The van der Waals surface area contributed by atoms with Crippen molar-refractivity contribution < 1.29 is 4.92 Å². The fourth-order valence-corrected chi connectivity index (χ4v) is 1.26. The third-order valence-corrected chi connectivity index (χ3v) is 2.04. The maximum absolute atomic E-state index is 10.5. The van der Waals surface area contributed by atoms with Gasteiger partial charge >= 0.3 is 0 Å². The van der Waals surface area contributed by atoms with E-state index in [4.69, 9.17) is 5.73 Å². The predicted molar refractivity (Wildman–Crippen MR) is 49.5 cm³/mol. The molecule has 0 heterocycles. The van der Waals surface area contributed by atoms with Gasteiger partial charge in [-0.3, -0.25) is 10.1 Å². The number of aryl methyl sites for hydroxylation is 1.